The maximum Gasteiger partial charge on any atom is 0.0223 e. The van der Waals surface area contributed by atoms with Crippen LogP contribution in [0, 0.1) is 0 Å². The first-order valence-corrected chi connectivity index (χ1v) is 6.51. The minimum absolute atomic E-state index is 0.375. The first-order valence-electron chi connectivity index (χ1n) is 6.51. The van der Waals surface area contributed by atoms with Gasteiger partial charge in [-0.15, -0.1) is 0 Å². The lowest BCUT2D eigenvalue weighted by Crippen LogP contribution is -2.56. The Bertz CT molecular complexity index is 195. The predicted molar refractivity (Wildman–Crippen MR) is 63.9 cm³/mol. The molecule has 3 heteroatoms. The van der Waals surface area contributed by atoms with E-state index in [1.165, 1.54) is 45.4 Å². The summed E-state index contributed by atoms with van der Waals surface area (Å²) in [6.07, 6.45) is 5.34. The fourth-order valence-corrected chi connectivity index (χ4v) is 2.85. The van der Waals surface area contributed by atoms with Crippen LogP contribution >= 0.6 is 0 Å². The van der Waals surface area contributed by atoms with E-state index in [0.717, 1.165) is 19.0 Å². The number of rotatable bonds is 3. The van der Waals surface area contributed by atoms with E-state index in [2.05, 4.69) is 16.7 Å². The van der Waals surface area contributed by atoms with Crippen LogP contribution in [0.3, 0.4) is 0 Å². The van der Waals surface area contributed by atoms with Crippen LogP contribution in [0.5, 0.6) is 0 Å². The second-order valence-corrected chi connectivity index (χ2v) is 5.11. The lowest BCUT2D eigenvalue weighted by molar-refractivity contribution is 0.0465. The zero-order valence-corrected chi connectivity index (χ0v) is 9.99. The highest BCUT2D eigenvalue weighted by molar-refractivity contribution is 4.86. The SMILES string of the molecule is CCC(N)CN1CCN2CCCCC2C1. The van der Waals surface area contributed by atoms with Crippen molar-refractivity contribution in [1.29, 1.82) is 0 Å². The number of nitrogens with two attached hydrogens (primary N) is 1. The van der Waals surface area contributed by atoms with Crippen molar-refractivity contribution in [3.8, 4) is 0 Å². The van der Waals surface area contributed by atoms with Crippen molar-refractivity contribution in [3.05, 3.63) is 0 Å². The Labute approximate surface area is 93.6 Å². The van der Waals surface area contributed by atoms with Crippen LogP contribution in [0.15, 0.2) is 0 Å². The number of nitrogens with zero attached hydrogens (tertiary/aromatic N) is 2. The molecule has 0 aromatic carbocycles. The summed E-state index contributed by atoms with van der Waals surface area (Å²) in [5.74, 6) is 0. The Kier molecular flexibility index (Phi) is 4.00. The van der Waals surface area contributed by atoms with Gasteiger partial charge in [0.1, 0.15) is 0 Å². The summed E-state index contributed by atoms with van der Waals surface area (Å²) in [5.41, 5.74) is 6.02. The van der Waals surface area contributed by atoms with Crippen LogP contribution < -0.4 is 5.73 Å². The van der Waals surface area contributed by atoms with E-state index in [0.29, 0.717) is 6.04 Å². The third-order valence-electron chi connectivity index (χ3n) is 3.94. The van der Waals surface area contributed by atoms with E-state index >= 15 is 0 Å². The molecule has 2 N–H and O–H groups in total. The van der Waals surface area contributed by atoms with E-state index in [4.69, 9.17) is 5.73 Å². The Hall–Kier alpha value is -0.120. The van der Waals surface area contributed by atoms with E-state index < -0.39 is 0 Å². The molecule has 2 aliphatic rings. The van der Waals surface area contributed by atoms with Crippen LogP contribution in [0.4, 0.5) is 0 Å². The van der Waals surface area contributed by atoms with Crippen molar-refractivity contribution in [3.63, 3.8) is 0 Å². The Morgan fingerprint density at radius 2 is 2.13 bits per heavy atom. The lowest BCUT2D eigenvalue weighted by atomic mass is 9.99. The minimum atomic E-state index is 0.375. The number of piperazine rings is 1. The summed E-state index contributed by atoms with van der Waals surface area (Å²) in [5, 5.41) is 0. The quantitative estimate of drug-likeness (QED) is 0.752. The Morgan fingerprint density at radius 1 is 1.27 bits per heavy atom. The van der Waals surface area contributed by atoms with Gasteiger partial charge in [-0.1, -0.05) is 13.3 Å². The van der Waals surface area contributed by atoms with Crippen LogP contribution in [0.1, 0.15) is 32.6 Å². The summed E-state index contributed by atoms with van der Waals surface area (Å²) in [6.45, 7) is 8.36. The third kappa shape index (κ3) is 2.92. The van der Waals surface area contributed by atoms with Gasteiger partial charge in [0.25, 0.3) is 0 Å². The molecule has 0 radical (unpaired) electrons. The minimum Gasteiger partial charge on any atom is -0.327 e. The van der Waals surface area contributed by atoms with Crippen LogP contribution in [0.25, 0.3) is 0 Å². The second-order valence-electron chi connectivity index (χ2n) is 5.11. The van der Waals surface area contributed by atoms with Gasteiger partial charge in [-0.3, -0.25) is 9.80 Å². The van der Waals surface area contributed by atoms with Crippen LogP contribution in [-0.4, -0.2) is 54.6 Å². The summed E-state index contributed by atoms with van der Waals surface area (Å²) < 4.78 is 0. The van der Waals surface area contributed by atoms with Gasteiger partial charge in [0.05, 0.1) is 0 Å². The number of hydrogen-bond donors (Lipinski definition) is 1. The second kappa shape index (κ2) is 5.28. The highest BCUT2D eigenvalue weighted by Gasteiger charge is 2.28. The molecule has 2 unspecified atom stereocenters. The first-order chi connectivity index (χ1) is 7.29. The molecule has 2 rings (SSSR count). The summed E-state index contributed by atoms with van der Waals surface area (Å²) in [4.78, 5) is 5.25. The first kappa shape index (κ1) is 11.4. The number of fused-ring (bicyclic) bond motifs is 1. The average molecular weight is 211 g/mol. The molecule has 0 saturated carbocycles. The number of hydrogen-bond acceptors (Lipinski definition) is 3. The van der Waals surface area contributed by atoms with Crippen molar-refractivity contribution in [1.82, 2.24) is 9.80 Å². The van der Waals surface area contributed by atoms with Crippen LogP contribution in [0.2, 0.25) is 0 Å². The fraction of sp³-hybridized carbons (Fsp3) is 1.00. The largest absolute Gasteiger partial charge is 0.327 e. The molecule has 2 heterocycles. The molecule has 0 spiro atoms. The molecule has 0 bridgehead atoms. The molecule has 0 aromatic heterocycles. The monoisotopic (exact) mass is 211 g/mol. The van der Waals surface area contributed by atoms with Gasteiger partial charge in [-0.2, -0.15) is 0 Å². The van der Waals surface area contributed by atoms with Crippen molar-refractivity contribution < 1.29 is 0 Å². The molecule has 2 aliphatic heterocycles. The molecular formula is C12H25N3. The molecule has 88 valence electrons. The zero-order valence-electron chi connectivity index (χ0n) is 9.99. The molecule has 0 aliphatic carbocycles. The topological polar surface area (TPSA) is 32.5 Å². The molecule has 2 saturated heterocycles. The van der Waals surface area contributed by atoms with Gasteiger partial charge in [-0.05, 0) is 25.8 Å². The molecule has 2 atom stereocenters. The predicted octanol–water partition coefficient (Wildman–Crippen LogP) is 0.894. The van der Waals surface area contributed by atoms with Crippen molar-refractivity contribution in [2.75, 3.05) is 32.7 Å². The normalized spacial score (nSPS) is 31.2. The lowest BCUT2D eigenvalue weighted by Gasteiger charge is -2.44. The van der Waals surface area contributed by atoms with Gasteiger partial charge in [0.2, 0.25) is 0 Å². The van der Waals surface area contributed by atoms with E-state index in [-0.39, 0.29) is 0 Å². The Morgan fingerprint density at radius 3 is 2.93 bits per heavy atom. The van der Waals surface area contributed by atoms with Crippen molar-refractivity contribution in [2.24, 2.45) is 5.73 Å². The summed E-state index contributed by atoms with van der Waals surface area (Å²) >= 11 is 0. The highest BCUT2D eigenvalue weighted by Crippen LogP contribution is 2.20. The average Bonchev–Trinajstić information content (AvgIpc) is 2.29. The van der Waals surface area contributed by atoms with Gasteiger partial charge >= 0.3 is 0 Å². The molecule has 2 fully saturated rings. The van der Waals surface area contributed by atoms with Crippen LogP contribution in [-0.2, 0) is 0 Å². The smallest absolute Gasteiger partial charge is 0.0223 e. The third-order valence-corrected chi connectivity index (χ3v) is 3.94. The standard InChI is InChI=1S/C12H25N3/c1-2-11(13)9-14-7-8-15-6-4-3-5-12(15)10-14/h11-12H,2-10,13H2,1H3. The maximum atomic E-state index is 6.02. The van der Waals surface area contributed by atoms with Gasteiger partial charge < -0.3 is 5.73 Å². The molecule has 3 nitrogen and oxygen atoms in total. The zero-order chi connectivity index (χ0) is 10.7. The van der Waals surface area contributed by atoms with Gasteiger partial charge in [-0.25, -0.2) is 0 Å². The number of piperidine rings is 1. The van der Waals surface area contributed by atoms with Crippen molar-refractivity contribution >= 4 is 0 Å². The van der Waals surface area contributed by atoms with Gasteiger partial charge in [0.15, 0.2) is 0 Å². The summed E-state index contributed by atoms with van der Waals surface area (Å²) in [6, 6.07) is 1.21. The highest BCUT2D eigenvalue weighted by atomic mass is 15.3. The summed E-state index contributed by atoms with van der Waals surface area (Å²) in [7, 11) is 0. The molecule has 0 amide bonds. The Balaban J connectivity index is 1.80. The van der Waals surface area contributed by atoms with E-state index in [1.807, 2.05) is 0 Å². The van der Waals surface area contributed by atoms with Gasteiger partial charge in [0, 0.05) is 38.3 Å². The maximum absolute atomic E-state index is 6.02. The molecular weight excluding hydrogens is 186 g/mol. The molecule has 15 heavy (non-hydrogen) atoms. The molecule has 0 aromatic rings. The van der Waals surface area contributed by atoms with E-state index in [9.17, 15) is 0 Å². The van der Waals surface area contributed by atoms with E-state index in [1.54, 1.807) is 0 Å². The fourth-order valence-electron chi connectivity index (χ4n) is 2.85. The van der Waals surface area contributed by atoms with Crippen molar-refractivity contribution in [2.45, 2.75) is 44.7 Å².